The minimum absolute atomic E-state index is 0.208. The van der Waals surface area contributed by atoms with Gasteiger partial charge in [-0.05, 0) is 55.3 Å². The van der Waals surface area contributed by atoms with Crippen molar-refractivity contribution in [2.24, 2.45) is 0 Å². The summed E-state index contributed by atoms with van der Waals surface area (Å²) in [5, 5.41) is 5.53. The van der Waals surface area contributed by atoms with Crippen LogP contribution in [0.4, 0.5) is 11.4 Å². The third kappa shape index (κ3) is 4.09. The van der Waals surface area contributed by atoms with Crippen molar-refractivity contribution in [2.75, 3.05) is 10.6 Å². The molecule has 0 saturated carbocycles. The summed E-state index contributed by atoms with van der Waals surface area (Å²) < 4.78 is 6.42. The van der Waals surface area contributed by atoms with Crippen LogP contribution in [0.3, 0.4) is 0 Å². The molecule has 1 aliphatic heterocycles. The Morgan fingerprint density at radius 2 is 2.08 bits per heavy atom. The van der Waals surface area contributed by atoms with Gasteiger partial charge in [-0.15, -0.1) is 0 Å². The third-order valence-corrected chi connectivity index (χ3v) is 4.43. The lowest BCUT2D eigenvalue weighted by molar-refractivity contribution is -0.122. The minimum atomic E-state index is -0.524. The maximum Gasteiger partial charge on any atom is 0.265 e. The van der Waals surface area contributed by atoms with E-state index in [1.54, 1.807) is 31.2 Å². The zero-order valence-electron chi connectivity index (χ0n) is 13.8. The number of halogens is 1. The zero-order valence-corrected chi connectivity index (χ0v) is 15.4. The number of hydrogen-bond acceptors (Lipinski definition) is 3. The summed E-state index contributed by atoms with van der Waals surface area (Å²) in [5.41, 5.74) is 3.18. The van der Waals surface area contributed by atoms with E-state index in [1.165, 1.54) is 6.08 Å². The maximum atomic E-state index is 12.1. The van der Waals surface area contributed by atoms with Crippen molar-refractivity contribution in [1.82, 2.24) is 0 Å². The van der Waals surface area contributed by atoms with E-state index in [0.29, 0.717) is 17.1 Å². The summed E-state index contributed by atoms with van der Waals surface area (Å²) in [6.45, 7) is 3.69. The average Bonchev–Trinajstić information content (AvgIpc) is 2.55. The summed E-state index contributed by atoms with van der Waals surface area (Å²) >= 11 is 3.48. The topological polar surface area (TPSA) is 67.4 Å². The van der Waals surface area contributed by atoms with Gasteiger partial charge in [0.25, 0.3) is 5.91 Å². The predicted molar refractivity (Wildman–Crippen MR) is 102 cm³/mol. The van der Waals surface area contributed by atoms with Crippen molar-refractivity contribution >= 4 is 45.2 Å². The molecule has 5 nitrogen and oxygen atoms in total. The second-order valence-corrected chi connectivity index (χ2v) is 6.66. The first-order valence-electron chi connectivity index (χ1n) is 7.79. The highest BCUT2D eigenvalue weighted by molar-refractivity contribution is 9.10. The highest BCUT2D eigenvalue weighted by Crippen LogP contribution is 2.32. The number of nitrogens with one attached hydrogen (secondary N) is 2. The summed E-state index contributed by atoms with van der Waals surface area (Å²) in [4.78, 5) is 23.8. The lowest BCUT2D eigenvalue weighted by atomic mass is 10.1. The van der Waals surface area contributed by atoms with Crippen LogP contribution in [0.25, 0.3) is 6.08 Å². The van der Waals surface area contributed by atoms with Crippen LogP contribution in [0.5, 0.6) is 5.75 Å². The van der Waals surface area contributed by atoms with Crippen LogP contribution in [0.2, 0.25) is 0 Å². The monoisotopic (exact) mass is 400 g/mol. The lowest BCUT2D eigenvalue weighted by Gasteiger charge is -2.23. The number of carbonyl (C=O) groups is 2. The van der Waals surface area contributed by atoms with Crippen molar-refractivity contribution in [3.63, 3.8) is 0 Å². The number of hydrogen-bond donors (Lipinski definition) is 2. The molecular weight excluding hydrogens is 384 g/mol. The van der Waals surface area contributed by atoms with Crippen molar-refractivity contribution in [2.45, 2.75) is 20.0 Å². The molecule has 25 heavy (non-hydrogen) atoms. The van der Waals surface area contributed by atoms with E-state index in [-0.39, 0.29) is 11.8 Å². The molecule has 0 spiro atoms. The Kier molecular flexibility index (Phi) is 4.90. The molecule has 2 N–H and O–H groups in total. The van der Waals surface area contributed by atoms with Crippen LogP contribution in [-0.2, 0) is 9.59 Å². The molecule has 1 heterocycles. The van der Waals surface area contributed by atoms with Gasteiger partial charge in [0.2, 0.25) is 5.91 Å². The Morgan fingerprint density at radius 1 is 1.28 bits per heavy atom. The summed E-state index contributed by atoms with van der Waals surface area (Å²) in [7, 11) is 0. The number of amides is 2. The van der Waals surface area contributed by atoms with E-state index >= 15 is 0 Å². The van der Waals surface area contributed by atoms with Gasteiger partial charge in [-0.25, -0.2) is 0 Å². The third-order valence-electron chi connectivity index (χ3n) is 3.75. The molecule has 1 atom stereocenters. The van der Waals surface area contributed by atoms with Gasteiger partial charge in [0.15, 0.2) is 6.10 Å². The van der Waals surface area contributed by atoms with Gasteiger partial charge in [-0.2, -0.15) is 0 Å². The molecule has 0 bridgehead atoms. The molecule has 0 aromatic heterocycles. The van der Waals surface area contributed by atoms with Crippen LogP contribution in [-0.4, -0.2) is 17.9 Å². The van der Waals surface area contributed by atoms with Gasteiger partial charge < -0.3 is 15.4 Å². The second kappa shape index (κ2) is 7.11. The molecular formula is C19H17BrN2O3. The molecule has 2 aromatic rings. The summed E-state index contributed by atoms with van der Waals surface area (Å²) in [6.07, 6.45) is 2.68. The number of ether oxygens (including phenoxy) is 1. The zero-order chi connectivity index (χ0) is 18.0. The van der Waals surface area contributed by atoms with Gasteiger partial charge in [-0.1, -0.05) is 28.1 Å². The molecule has 0 fully saturated rings. The highest BCUT2D eigenvalue weighted by Gasteiger charge is 2.23. The number of benzene rings is 2. The van der Waals surface area contributed by atoms with Gasteiger partial charge in [0, 0.05) is 16.2 Å². The van der Waals surface area contributed by atoms with Crippen molar-refractivity contribution in [3.8, 4) is 5.75 Å². The molecule has 0 radical (unpaired) electrons. The first-order chi connectivity index (χ1) is 11.9. The molecule has 3 rings (SSSR count). The Labute approximate surface area is 154 Å². The fourth-order valence-corrected chi connectivity index (χ4v) is 3.03. The van der Waals surface area contributed by atoms with Crippen LogP contribution < -0.4 is 15.4 Å². The predicted octanol–water partition coefficient (Wildman–Crippen LogP) is 4.13. The molecule has 1 aliphatic rings. The maximum absolute atomic E-state index is 12.1. The average molecular weight is 401 g/mol. The SMILES string of the molecule is Cc1ccc(/C=C/C(=O)Nc2ccc3c(c2)NC(=O)[C@@H](C)O3)c(Br)c1. The van der Waals surface area contributed by atoms with Gasteiger partial charge in [0.05, 0.1) is 5.69 Å². The molecule has 0 aliphatic carbocycles. The standard InChI is InChI=1S/C19H17BrN2O3/c1-11-3-4-13(15(20)9-11)5-8-18(23)21-14-6-7-17-16(10-14)22-19(24)12(2)25-17/h3-10,12H,1-2H3,(H,21,23)(H,22,24)/b8-5+/t12-/m1/s1. The van der Waals surface area contributed by atoms with Crippen LogP contribution in [0.15, 0.2) is 46.9 Å². The van der Waals surface area contributed by atoms with Gasteiger partial charge in [-0.3, -0.25) is 9.59 Å². The number of aryl methyl sites for hydroxylation is 1. The van der Waals surface area contributed by atoms with Gasteiger partial charge in [0.1, 0.15) is 5.75 Å². The minimum Gasteiger partial charge on any atom is -0.479 e. The number of carbonyl (C=O) groups excluding carboxylic acids is 2. The number of rotatable bonds is 3. The molecule has 2 aromatic carbocycles. The van der Waals surface area contributed by atoms with Crippen molar-refractivity contribution in [3.05, 3.63) is 58.1 Å². The van der Waals surface area contributed by atoms with Crippen LogP contribution in [0, 0.1) is 6.92 Å². The summed E-state index contributed by atoms with van der Waals surface area (Å²) in [6, 6.07) is 11.0. The van der Waals surface area contributed by atoms with Gasteiger partial charge >= 0.3 is 0 Å². The van der Waals surface area contributed by atoms with E-state index in [9.17, 15) is 9.59 Å². The van der Waals surface area contributed by atoms with E-state index in [1.807, 2.05) is 25.1 Å². The van der Waals surface area contributed by atoms with Crippen molar-refractivity contribution in [1.29, 1.82) is 0 Å². The van der Waals surface area contributed by atoms with Crippen molar-refractivity contribution < 1.29 is 14.3 Å². The van der Waals surface area contributed by atoms with E-state index in [2.05, 4.69) is 26.6 Å². The fraction of sp³-hybridized carbons (Fsp3) is 0.158. The molecule has 6 heteroatoms. The Balaban J connectivity index is 1.70. The molecule has 0 saturated heterocycles. The van der Waals surface area contributed by atoms with E-state index < -0.39 is 6.10 Å². The second-order valence-electron chi connectivity index (χ2n) is 5.81. The molecule has 128 valence electrons. The Morgan fingerprint density at radius 3 is 2.84 bits per heavy atom. The molecule has 2 amide bonds. The molecule has 0 unspecified atom stereocenters. The highest BCUT2D eigenvalue weighted by atomic mass is 79.9. The summed E-state index contributed by atoms with van der Waals surface area (Å²) in [5.74, 6) is 0.119. The Bertz CT molecular complexity index is 877. The smallest absolute Gasteiger partial charge is 0.265 e. The number of anilines is 2. The van der Waals surface area contributed by atoms with E-state index in [4.69, 9.17) is 4.74 Å². The normalized spacial score (nSPS) is 16.1. The first kappa shape index (κ1) is 17.2. The fourth-order valence-electron chi connectivity index (χ4n) is 2.40. The lowest BCUT2D eigenvalue weighted by Crippen LogP contribution is -2.34. The Hall–Kier alpha value is -2.60. The first-order valence-corrected chi connectivity index (χ1v) is 8.58. The largest absolute Gasteiger partial charge is 0.479 e. The van der Waals surface area contributed by atoms with Crippen LogP contribution >= 0.6 is 15.9 Å². The quantitative estimate of drug-likeness (QED) is 0.761. The van der Waals surface area contributed by atoms with Crippen LogP contribution in [0.1, 0.15) is 18.1 Å². The van der Waals surface area contributed by atoms with E-state index in [0.717, 1.165) is 15.6 Å². The number of fused-ring (bicyclic) bond motifs is 1.